The Balaban J connectivity index is 2.16. The van der Waals surface area contributed by atoms with Crippen molar-refractivity contribution in [3.05, 3.63) is 30.6 Å². The largest absolute Gasteiger partial charge is 0.480 e. The Hall–Kier alpha value is -2.33. The van der Waals surface area contributed by atoms with E-state index < -0.39 is 22.0 Å². The van der Waals surface area contributed by atoms with E-state index in [-0.39, 0.29) is 11.3 Å². The van der Waals surface area contributed by atoms with Gasteiger partial charge in [0.25, 0.3) is 0 Å². The summed E-state index contributed by atoms with van der Waals surface area (Å²) in [5, 5.41) is 19.8. The molecule has 23 heavy (non-hydrogen) atoms. The van der Waals surface area contributed by atoms with Gasteiger partial charge in [0.2, 0.25) is 10.0 Å². The van der Waals surface area contributed by atoms with E-state index in [1.165, 1.54) is 35.3 Å². The summed E-state index contributed by atoms with van der Waals surface area (Å²) >= 11 is 0. The van der Waals surface area contributed by atoms with Crippen LogP contribution in [0.15, 0.2) is 35.5 Å². The standard InChI is InChI=1S/C13H17N5O4S/c1-2-3-4-12(13(19)20)15-23(21,22)11-7-5-10(6-8-11)18-9-14-16-17-18/h5-9,12,15H,2-4H2,1H3,(H,19,20). The lowest BCUT2D eigenvalue weighted by atomic mass is 10.1. The number of nitrogens with zero attached hydrogens (tertiary/aromatic N) is 4. The molecule has 2 N–H and O–H groups in total. The number of aromatic nitrogens is 4. The molecule has 9 nitrogen and oxygen atoms in total. The topological polar surface area (TPSA) is 127 Å². The number of tetrazole rings is 1. The van der Waals surface area contributed by atoms with Crippen LogP contribution in [0.5, 0.6) is 0 Å². The number of nitrogens with one attached hydrogen (secondary N) is 1. The van der Waals surface area contributed by atoms with Gasteiger partial charge in [0.05, 0.1) is 10.6 Å². The summed E-state index contributed by atoms with van der Waals surface area (Å²) in [6, 6.07) is 4.68. The minimum atomic E-state index is -3.91. The first-order valence-electron chi connectivity index (χ1n) is 7.02. The minimum Gasteiger partial charge on any atom is -0.480 e. The van der Waals surface area contributed by atoms with Crippen molar-refractivity contribution in [3.8, 4) is 5.69 Å². The summed E-state index contributed by atoms with van der Waals surface area (Å²) in [4.78, 5) is 11.2. The molecule has 0 saturated carbocycles. The first kappa shape index (κ1) is 17.0. The van der Waals surface area contributed by atoms with Gasteiger partial charge in [-0.15, -0.1) is 5.10 Å². The van der Waals surface area contributed by atoms with Crippen LogP contribution in [0.25, 0.3) is 5.69 Å². The van der Waals surface area contributed by atoms with Crippen molar-refractivity contribution in [1.82, 2.24) is 24.9 Å². The molecule has 124 valence electrons. The SMILES string of the molecule is CCCCC(NS(=O)(=O)c1ccc(-n2cnnn2)cc1)C(=O)O. The van der Waals surface area contributed by atoms with E-state index in [2.05, 4.69) is 20.2 Å². The van der Waals surface area contributed by atoms with Crippen molar-refractivity contribution < 1.29 is 18.3 Å². The molecule has 2 aromatic rings. The minimum absolute atomic E-state index is 0.0166. The van der Waals surface area contributed by atoms with Gasteiger partial charge in [-0.1, -0.05) is 19.8 Å². The van der Waals surface area contributed by atoms with Crippen molar-refractivity contribution in [2.24, 2.45) is 0 Å². The van der Waals surface area contributed by atoms with Crippen LogP contribution < -0.4 is 4.72 Å². The summed E-state index contributed by atoms with van der Waals surface area (Å²) < 4.78 is 28.2. The molecule has 0 bridgehead atoms. The Labute approximate surface area is 133 Å². The quantitative estimate of drug-likeness (QED) is 0.720. The van der Waals surface area contributed by atoms with Gasteiger partial charge < -0.3 is 5.11 Å². The highest BCUT2D eigenvalue weighted by Crippen LogP contribution is 2.14. The number of hydrogen-bond donors (Lipinski definition) is 2. The highest BCUT2D eigenvalue weighted by atomic mass is 32.2. The number of carboxylic acid groups (broad SMARTS) is 1. The van der Waals surface area contributed by atoms with E-state index in [1.807, 2.05) is 6.92 Å². The predicted molar refractivity (Wildman–Crippen MR) is 80.4 cm³/mol. The third kappa shape index (κ3) is 4.33. The molecule has 0 aliphatic rings. The van der Waals surface area contributed by atoms with Crippen LogP contribution in [0.3, 0.4) is 0 Å². The molecular weight excluding hydrogens is 322 g/mol. The van der Waals surface area contributed by atoms with Crippen molar-refractivity contribution in [1.29, 1.82) is 0 Å². The molecular formula is C13H17N5O4S. The molecule has 0 saturated heterocycles. The van der Waals surface area contributed by atoms with E-state index >= 15 is 0 Å². The van der Waals surface area contributed by atoms with Crippen molar-refractivity contribution in [3.63, 3.8) is 0 Å². The summed E-state index contributed by atoms with van der Waals surface area (Å²) in [7, 11) is -3.91. The van der Waals surface area contributed by atoms with Gasteiger partial charge in [0, 0.05) is 0 Å². The molecule has 0 spiro atoms. The van der Waals surface area contributed by atoms with Crippen LogP contribution >= 0.6 is 0 Å². The van der Waals surface area contributed by atoms with Crippen LogP contribution in [0.1, 0.15) is 26.2 Å². The van der Waals surface area contributed by atoms with Crippen LogP contribution in [0.2, 0.25) is 0 Å². The average molecular weight is 339 g/mol. The van der Waals surface area contributed by atoms with Crippen molar-refractivity contribution in [2.75, 3.05) is 0 Å². The Morgan fingerprint density at radius 1 is 1.35 bits per heavy atom. The molecule has 1 aromatic heterocycles. The lowest BCUT2D eigenvalue weighted by Crippen LogP contribution is -2.40. The monoisotopic (exact) mass is 339 g/mol. The first-order chi connectivity index (χ1) is 10.9. The lowest BCUT2D eigenvalue weighted by Gasteiger charge is -2.14. The fourth-order valence-electron chi connectivity index (χ4n) is 1.95. The molecule has 0 radical (unpaired) electrons. The molecule has 1 aromatic carbocycles. The summed E-state index contributed by atoms with van der Waals surface area (Å²) in [6.07, 6.45) is 3.03. The van der Waals surface area contributed by atoms with Crippen LogP contribution in [-0.4, -0.2) is 45.7 Å². The molecule has 1 atom stereocenters. The predicted octanol–water partition coefficient (Wildman–Crippen LogP) is 0.584. The number of carboxylic acids is 1. The van der Waals surface area contributed by atoms with Gasteiger partial charge in [-0.25, -0.2) is 13.1 Å². The molecule has 10 heteroatoms. The molecule has 0 aliphatic heterocycles. The normalized spacial score (nSPS) is 12.9. The Bertz CT molecular complexity index is 743. The smallest absolute Gasteiger partial charge is 0.321 e. The number of unbranched alkanes of at least 4 members (excludes halogenated alkanes) is 1. The van der Waals surface area contributed by atoms with Gasteiger partial charge in [-0.2, -0.15) is 4.72 Å². The molecule has 2 rings (SSSR count). The average Bonchev–Trinajstić information content (AvgIpc) is 3.05. The second-order valence-electron chi connectivity index (χ2n) is 4.90. The number of benzene rings is 1. The molecule has 0 amide bonds. The zero-order valence-corrected chi connectivity index (χ0v) is 13.3. The van der Waals surface area contributed by atoms with Gasteiger partial charge >= 0.3 is 5.97 Å². The Kier molecular flexibility index (Phi) is 5.40. The van der Waals surface area contributed by atoms with E-state index in [1.54, 1.807) is 0 Å². The lowest BCUT2D eigenvalue weighted by molar-refractivity contribution is -0.139. The maximum atomic E-state index is 12.3. The zero-order valence-electron chi connectivity index (χ0n) is 12.5. The van der Waals surface area contributed by atoms with Gasteiger partial charge in [-0.3, -0.25) is 4.79 Å². The van der Waals surface area contributed by atoms with Gasteiger partial charge in [-0.05, 0) is 41.1 Å². The number of carbonyl (C=O) groups is 1. The van der Waals surface area contributed by atoms with Crippen molar-refractivity contribution >= 4 is 16.0 Å². The van der Waals surface area contributed by atoms with Gasteiger partial charge in [0.1, 0.15) is 12.4 Å². The number of rotatable bonds is 8. The second kappa shape index (κ2) is 7.29. The second-order valence-corrected chi connectivity index (χ2v) is 6.62. The highest BCUT2D eigenvalue weighted by molar-refractivity contribution is 7.89. The van der Waals surface area contributed by atoms with Crippen LogP contribution in [0.4, 0.5) is 0 Å². The summed E-state index contributed by atoms with van der Waals surface area (Å²) in [5.74, 6) is -1.19. The third-order valence-corrected chi connectivity index (χ3v) is 4.69. The number of aliphatic carboxylic acids is 1. The first-order valence-corrected chi connectivity index (χ1v) is 8.51. The maximum absolute atomic E-state index is 12.3. The van der Waals surface area contributed by atoms with Gasteiger partial charge in [0.15, 0.2) is 0 Å². The van der Waals surface area contributed by atoms with Crippen LogP contribution in [0, 0.1) is 0 Å². The summed E-state index contributed by atoms with van der Waals surface area (Å²) in [5.41, 5.74) is 0.592. The fraction of sp³-hybridized carbons (Fsp3) is 0.385. The van der Waals surface area contributed by atoms with E-state index in [0.717, 1.165) is 6.42 Å². The maximum Gasteiger partial charge on any atom is 0.321 e. The zero-order chi connectivity index (χ0) is 16.9. The molecule has 0 fully saturated rings. The van der Waals surface area contributed by atoms with E-state index in [9.17, 15) is 13.2 Å². The summed E-state index contributed by atoms with van der Waals surface area (Å²) in [6.45, 7) is 1.91. The molecule has 0 aliphatic carbocycles. The van der Waals surface area contributed by atoms with E-state index in [4.69, 9.17) is 5.11 Å². The van der Waals surface area contributed by atoms with E-state index in [0.29, 0.717) is 12.1 Å². The third-order valence-electron chi connectivity index (χ3n) is 3.20. The van der Waals surface area contributed by atoms with Crippen molar-refractivity contribution in [2.45, 2.75) is 37.1 Å². The molecule has 1 heterocycles. The fourth-order valence-corrected chi connectivity index (χ4v) is 3.18. The van der Waals surface area contributed by atoms with Crippen LogP contribution in [-0.2, 0) is 14.8 Å². The Morgan fingerprint density at radius 2 is 2.04 bits per heavy atom. The Morgan fingerprint density at radius 3 is 2.57 bits per heavy atom. The number of sulfonamides is 1. The number of hydrogen-bond acceptors (Lipinski definition) is 6. The highest BCUT2D eigenvalue weighted by Gasteiger charge is 2.24. The molecule has 1 unspecified atom stereocenters.